The normalized spacial score (nSPS) is 25.1. The molecular formula is C23H29N3O4S. The molecule has 3 heterocycles. The molecule has 4 rings (SSSR count). The highest BCUT2D eigenvalue weighted by Crippen LogP contribution is 2.46. The van der Waals surface area contributed by atoms with Crippen molar-refractivity contribution in [2.75, 3.05) is 6.54 Å². The van der Waals surface area contributed by atoms with E-state index in [9.17, 15) is 14.4 Å². The van der Waals surface area contributed by atoms with E-state index in [0.717, 1.165) is 16.2 Å². The topological polar surface area (TPSA) is 82.9 Å². The molecule has 7 nitrogen and oxygen atoms in total. The van der Waals surface area contributed by atoms with Crippen molar-refractivity contribution in [3.63, 3.8) is 0 Å². The SMILES string of the molecule is C[C@@H]1CC(C)(C)C[C@@]2(C1)NC(=O)N(CC(=O)N(Cc1ccco1)Cc1cccs1)C2=O. The molecule has 2 fully saturated rings. The molecule has 31 heavy (non-hydrogen) atoms. The van der Waals surface area contributed by atoms with Gasteiger partial charge in [0, 0.05) is 4.88 Å². The first kappa shape index (κ1) is 21.6. The lowest BCUT2D eigenvalue weighted by atomic mass is 9.64. The summed E-state index contributed by atoms with van der Waals surface area (Å²) in [6.45, 7) is 6.78. The van der Waals surface area contributed by atoms with Gasteiger partial charge in [-0.3, -0.25) is 14.5 Å². The van der Waals surface area contributed by atoms with Crippen molar-refractivity contribution in [3.8, 4) is 0 Å². The molecule has 1 saturated carbocycles. The summed E-state index contributed by atoms with van der Waals surface area (Å²) in [5.74, 6) is 0.410. The molecular weight excluding hydrogens is 414 g/mol. The molecule has 1 saturated heterocycles. The Morgan fingerprint density at radius 3 is 2.71 bits per heavy atom. The smallest absolute Gasteiger partial charge is 0.325 e. The molecule has 8 heteroatoms. The average Bonchev–Trinajstić information content (AvgIpc) is 3.40. The van der Waals surface area contributed by atoms with Crippen LogP contribution in [0.2, 0.25) is 0 Å². The van der Waals surface area contributed by atoms with Gasteiger partial charge in [-0.25, -0.2) is 4.79 Å². The number of hydrogen-bond acceptors (Lipinski definition) is 5. The fraction of sp³-hybridized carbons (Fsp3) is 0.522. The molecule has 2 aliphatic rings. The molecule has 2 aromatic rings. The predicted molar refractivity (Wildman–Crippen MR) is 117 cm³/mol. The zero-order valence-electron chi connectivity index (χ0n) is 18.2. The van der Waals surface area contributed by atoms with Crippen LogP contribution in [0.3, 0.4) is 0 Å². The van der Waals surface area contributed by atoms with E-state index in [4.69, 9.17) is 4.42 Å². The summed E-state index contributed by atoms with van der Waals surface area (Å²) in [5, 5.41) is 4.90. The summed E-state index contributed by atoms with van der Waals surface area (Å²) in [7, 11) is 0. The third-order valence-electron chi connectivity index (χ3n) is 6.12. The number of rotatable bonds is 6. The van der Waals surface area contributed by atoms with E-state index < -0.39 is 11.6 Å². The van der Waals surface area contributed by atoms with E-state index in [1.54, 1.807) is 28.6 Å². The van der Waals surface area contributed by atoms with Gasteiger partial charge in [-0.1, -0.05) is 26.8 Å². The quantitative estimate of drug-likeness (QED) is 0.684. The lowest BCUT2D eigenvalue weighted by Gasteiger charge is -2.43. The van der Waals surface area contributed by atoms with Gasteiger partial charge in [0.1, 0.15) is 17.8 Å². The molecule has 0 radical (unpaired) electrons. The number of thiophene rings is 1. The molecule has 0 bridgehead atoms. The first-order valence-electron chi connectivity index (χ1n) is 10.6. The number of furan rings is 1. The Bertz CT molecular complexity index is 917. The molecule has 0 unspecified atom stereocenters. The van der Waals surface area contributed by atoms with Crippen LogP contribution in [-0.4, -0.2) is 39.7 Å². The highest BCUT2D eigenvalue weighted by Gasteiger charge is 2.56. The Balaban J connectivity index is 1.51. The van der Waals surface area contributed by atoms with Crippen molar-refractivity contribution in [3.05, 3.63) is 46.5 Å². The molecule has 1 N–H and O–H groups in total. The van der Waals surface area contributed by atoms with E-state index in [1.165, 1.54) is 0 Å². The number of carbonyl (C=O) groups excluding carboxylic acids is 3. The fourth-order valence-electron chi connectivity index (χ4n) is 5.30. The van der Waals surface area contributed by atoms with Crippen LogP contribution in [0.5, 0.6) is 0 Å². The van der Waals surface area contributed by atoms with E-state index >= 15 is 0 Å². The molecule has 1 aliphatic carbocycles. The van der Waals surface area contributed by atoms with Crippen molar-refractivity contribution in [1.82, 2.24) is 15.1 Å². The van der Waals surface area contributed by atoms with Crippen molar-refractivity contribution >= 4 is 29.2 Å². The highest BCUT2D eigenvalue weighted by molar-refractivity contribution is 7.09. The average molecular weight is 444 g/mol. The summed E-state index contributed by atoms with van der Waals surface area (Å²) >= 11 is 1.56. The summed E-state index contributed by atoms with van der Waals surface area (Å²) in [6, 6.07) is 7.00. The van der Waals surface area contributed by atoms with E-state index in [0.29, 0.717) is 31.1 Å². The number of urea groups is 1. The third-order valence-corrected chi connectivity index (χ3v) is 6.99. The van der Waals surface area contributed by atoms with Crippen LogP contribution in [0, 0.1) is 11.3 Å². The second kappa shape index (κ2) is 8.15. The Hall–Kier alpha value is -2.61. The van der Waals surface area contributed by atoms with E-state index in [1.807, 2.05) is 23.6 Å². The van der Waals surface area contributed by atoms with Gasteiger partial charge in [-0.15, -0.1) is 11.3 Å². The van der Waals surface area contributed by atoms with Crippen LogP contribution >= 0.6 is 11.3 Å². The minimum Gasteiger partial charge on any atom is -0.467 e. The van der Waals surface area contributed by atoms with Crippen LogP contribution in [0.4, 0.5) is 4.79 Å². The Labute approximate surface area is 186 Å². The Kier molecular flexibility index (Phi) is 5.68. The third kappa shape index (κ3) is 4.54. The maximum Gasteiger partial charge on any atom is 0.325 e. The largest absolute Gasteiger partial charge is 0.467 e. The minimum atomic E-state index is -0.905. The maximum absolute atomic E-state index is 13.4. The van der Waals surface area contributed by atoms with E-state index in [-0.39, 0.29) is 30.3 Å². The van der Waals surface area contributed by atoms with Crippen LogP contribution < -0.4 is 5.32 Å². The molecule has 2 atom stereocenters. The van der Waals surface area contributed by atoms with Gasteiger partial charge in [0.2, 0.25) is 5.91 Å². The predicted octanol–water partition coefficient (Wildman–Crippen LogP) is 4.01. The standard InChI is InChI=1S/C23H29N3O4S/c1-16-10-22(2,3)15-23(11-16)20(28)26(21(29)24-23)14-19(27)25(12-17-6-4-8-30-17)13-18-7-5-9-31-18/h4-9,16H,10-15H2,1-3H3,(H,24,29)/t16-,23-/m1/s1. The van der Waals surface area contributed by atoms with Crippen molar-refractivity contribution in [2.45, 2.75) is 58.7 Å². The second-order valence-corrected chi connectivity index (χ2v) is 10.7. The number of amides is 4. The van der Waals surface area contributed by atoms with Gasteiger partial charge in [0.15, 0.2) is 0 Å². The lowest BCUT2D eigenvalue weighted by Crippen LogP contribution is -2.54. The first-order chi connectivity index (χ1) is 14.7. The fourth-order valence-corrected chi connectivity index (χ4v) is 6.02. The van der Waals surface area contributed by atoms with Crippen LogP contribution in [0.1, 0.15) is 50.7 Å². The van der Waals surface area contributed by atoms with Crippen molar-refractivity contribution < 1.29 is 18.8 Å². The summed E-state index contributed by atoms with van der Waals surface area (Å²) < 4.78 is 5.42. The van der Waals surface area contributed by atoms with Gasteiger partial charge in [-0.05, 0) is 54.2 Å². The van der Waals surface area contributed by atoms with E-state index in [2.05, 4.69) is 26.1 Å². The van der Waals surface area contributed by atoms with Crippen LogP contribution in [0.25, 0.3) is 0 Å². The van der Waals surface area contributed by atoms with Gasteiger partial charge in [-0.2, -0.15) is 0 Å². The van der Waals surface area contributed by atoms with Crippen LogP contribution in [-0.2, 0) is 22.7 Å². The summed E-state index contributed by atoms with van der Waals surface area (Å²) in [6.07, 6.45) is 3.77. The van der Waals surface area contributed by atoms with Crippen molar-refractivity contribution in [1.29, 1.82) is 0 Å². The summed E-state index contributed by atoms with van der Waals surface area (Å²) in [4.78, 5) is 43.1. The maximum atomic E-state index is 13.4. The minimum absolute atomic E-state index is 0.0505. The zero-order valence-corrected chi connectivity index (χ0v) is 19.0. The molecule has 1 spiro atoms. The Morgan fingerprint density at radius 2 is 2.06 bits per heavy atom. The van der Waals surface area contributed by atoms with Gasteiger partial charge >= 0.3 is 6.03 Å². The molecule has 4 amide bonds. The van der Waals surface area contributed by atoms with Crippen molar-refractivity contribution in [2.24, 2.45) is 11.3 Å². The lowest BCUT2D eigenvalue weighted by molar-refractivity contribution is -0.141. The summed E-state index contributed by atoms with van der Waals surface area (Å²) in [5.41, 5.74) is -0.955. The van der Waals surface area contributed by atoms with Gasteiger partial charge in [0.05, 0.1) is 19.4 Å². The second-order valence-electron chi connectivity index (χ2n) is 9.67. The number of nitrogens with one attached hydrogen (secondary N) is 1. The molecule has 2 aromatic heterocycles. The molecule has 1 aliphatic heterocycles. The van der Waals surface area contributed by atoms with Gasteiger partial charge < -0.3 is 14.6 Å². The Morgan fingerprint density at radius 1 is 1.26 bits per heavy atom. The number of imide groups is 1. The molecule has 0 aromatic carbocycles. The number of hydrogen-bond donors (Lipinski definition) is 1. The number of carbonyl (C=O) groups is 3. The molecule has 166 valence electrons. The van der Waals surface area contributed by atoms with Crippen LogP contribution in [0.15, 0.2) is 40.3 Å². The first-order valence-corrected chi connectivity index (χ1v) is 11.5. The number of nitrogens with zero attached hydrogens (tertiary/aromatic N) is 2. The zero-order chi connectivity index (χ0) is 22.2. The monoisotopic (exact) mass is 443 g/mol. The van der Waals surface area contributed by atoms with Gasteiger partial charge in [0.25, 0.3) is 5.91 Å². The highest BCUT2D eigenvalue weighted by atomic mass is 32.1.